The molecule has 0 spiro atoms. The van der Waals surface area contributed by atoms with Crippen LogP contribution in [0.15, 0.2) is 64.3 Å². The molecule has 1 aromatic heterocycles. The molecular weight excluding hydrogens is 403 g/mol. The Bertz CT molecular complexity index is 988. The van der Waals surface area contributed by atoms with Crippen LogP contribution in [0.3, 0.4) is 0 Å². The molecule has 0 aliphatic heterocycles. The van der Waals surface area contributed by atoms with Gasteiger partial charge in [-0.2, -0.15) is 5.10 Å². The van der Waals surface area contributed by atoms with Crippen LogP contribution in [-0.4, -0.2) is 19.2 Å². The molecule has 0 saturated carbocycles. The van der Waals surface area contributed by atoms with Gasteiger partial charge in [0.25, 0.3) is 0 Å². The highest BCUT2D eigenvalue weighted by atomic mass is 35.5. The molecule has 0 aliphatic carbocycles. The number of hydrogen-bond acceptors (Lipinski definition) is 5. The smallest absolute Gasteiger partial charge is 0.307 e. The van der Waals surface area contributed by atoms with Gasteiger partial charge in [0.15, 0.2) is 17.3 Å². The number of furan rings is 1. The van der Waals surface area contributed by atoms with Gasteiger partial charge in [-0.15, -0.1) is 0 Å². The first-order valence-corrected chi connectivity index (χ1v) is 8.94. The van der Waals surface area contributed by atoms with Gasteiger partial charge in [0.05, 0.1) is 19.6 Å². The van der Waals surface area contributed by atoms with Crippen molar-refractivity contribution >= 4 is 35.3 Å². The highest BCUT2D eigenvalue weighted by Crippen LogP contribution is 2.29. The lowest BCUT2D eigenvalue weighted by molar-refractivity contribution is 0.0927. The lowest BCUT2D eigenvalue weighted by atomic mass is 10.2. The Hall–Kier alpha value is -2.96. The van der Waals surface area contributed by atoms with E-state index in [0.29, 0.717) is 27.1 Å². The van der Waals surface area contributed by atoms with Crippen LogP contribution in [0.2, 0.25) is 10.0 Å². The number of methoxy groups -OCH3 is 1. The molecule has 1 amide bonds. The molecule has 0 atom stereocenters. The Morgan fingerprint density at radius 2 is 2.04 bits per heavy atom. The van der Waals surface area contributed by atoms with E-state index in [-0.39, 0.29) is 12.4 Å². The van der Waals surface area contributed by atoms with Crippen LogP contribution in [-0.2, 0) is 6.61 Å². The molecule has 0 saturated heterocycles. The van der Waals surface area contributed by atoms with Crippen LogP contribution in [0, 0.1) is 0 Å². The van der Waals surface area contributed by atoms with Gasteiger partial charge >= 0.3 is 5.91 Å². The lowest BCUT2D eigenvalue weighted by Crippen LogP contribution is -2.16. The van der Waals surface area contributed by atoms with Crippen molar-refractivity contribution in [2.24, 2.45) is 5.10 Å². The third-order valence-corrected chi connectivity index (χ3v) is 4.30. The van der Waals surface area contributed by atoms with Crippen LogP contribution in [0.1, 0.15) is 21.7 Å². The SMILES string of the molecule is COc1cc(/C=N\NC(=O)c2ccco2)ccc1OCc1ccc(Cl)cc1Cl. The van der Waals surface area contributed by atoms with Gasteiger partial charge in [0.2, 0.25) is 0 Å². The second kappa shape index (κ2) is 9.30. The van der Waals surface area contributed by atoms with Crippen LogP contribution in [0.4, 0.5) is 0 Å². The van der Waals surface area contributed by atoms with Crippen molar-refractivity contribution in [1.29, 1.82) is 0 Å². The van der Waals surface area contributed by atoms with E-state index < -0.39 is 5.91 Å². The van der Waals surface area contributed by atoms with E-state index in [1.807, 2.05) is 0 Å². The number of carbonyl (C=O) groups is 1. The number of ether oxygens (including phenoxy) is 2. The second-order valence-electron chi connectivity index (χ2n) is 5.61. The zero-order chi connectivity index (χ0) is 19.9. The zero-order valence-corrected chi connectivity index (χ0v) is 16.3. The van der Waals surface area contributed by atoms with Crippen molar-refractivity contribution in [3.8, 4) is 11.5 Å². The normalized spacial score (nSPS) is 10.8. The second-order valence-corrected chi connectivity index (χ2v) is 6.45. The monoisotopic (exact) mass is 418 g/mol. The minimum atomic E-state index is -0.437. The van der Waals surface area contributed by atoms with Gasteiger partial charge in [-0.25, -0.2) is 5.43 Å². The molecule has 0 unspecified atom stereocenters. The van der Waals surface area contributed by atoms with Gasteiger partial charge < -0.3 is 13.9 Å². The van der Waals surface area contributed by atoms with E-state index in [1.165, 1.54) is 19.6 Å². The molecule has 0 aliphatic rings. The molecule has 8 heteroatoms. The Balaban J connectivity index is 1.64. The number of halogens is 2. The Labute approximate surface area is 171 Å². The number of benzene rings is 2. The predicted octanol–water partition coefficient (Wildman–Crippen LogP) is 4.94. The predicted molar refractivity (Wildman–Crippen MR) is 108 cm³/mol. The molecule has 6 nitrogen and oxygen atoms in total. The molecule has 0 radical (unpaired) electrons. The average Bonchev–Trinajstić information content (AvgIpc) is 3.22. The van der Waals surface area contributed by atoms with Crippen LogP contribution < -0.4 is 14.9 Å². The molecule has 1 N–H and O–H groups in total. The number of hydrogen-bond donors (Lipinski definition) is 1. The van der Waals surface area contributed by atoms with Crippen LogP contribution in [0.5, 0.6) is 11.5 Å². The van der Waals surface area contributed by atoms with E-state index in [4.69, 9.17) is 37.1 Å². The number of rotatable bonds is 7. The van der Waals surface area contributed by atoms with E-state index in [2.05, 4.69) is 10.5 Å². The van der Waals surface area contributed by atoms with Crippen molar-refractivity contribution in [2.45, 2.75) is 6.61 Å². The molecule has 0 fully saturated rings. The quantitative estimate of drug-likeness (QED) is 0.435. The summed E-state index contributed by atoms with van der Waals surface area (Å²) in [5, 5.41) is 5.00. The molecule has 0 bridgehead atoms. The summed E-state index contributed by atoms with van der Waals surface area (Å²) in [4.78, 5) is 11.8. The topological polar surface area (TPSA) is 73.1 Å². The van der Waals surface area contributed by atoms with E-state index in [0.717, 1.165) is 5.56 Å². The summed E-state index contributed by atoms with van der Waals surface area (Å²) in [7, 11) is 1.54. The zero-order valence-electron chi connectivity index (χ0n) is 14.8. The maximum absolute atomic E-state index is 11.8. The number of nitrogens with one attached hydrogen (secondary N) is 1. The first-order chi connectivity index (χ1) is 13.6. The van der Waals surface area contributed by atoms with E-state index >= 15 is 0 Å². The number of amides is 1. The fraction of sp³-hybridized carbons (Fsp3) is 0.100. The summed E-state index contributed by atoms with van der Waals surface area (Å²) >= 11 is 12.1. The fourth-order valence-electron chi connectivity index (χ4n) is 2.31. The Kier molecular flexibility index (Phi) is 6.57. The summed E-state index contributed by atoms with van der Waals surface area (Å²) in [6.07, 6.45) is 2.91. The summed E-state index contributed by atoms with van der Waals surface area (Å²) in [6, 6.07) is 13.7. The third-order valence-electron chi connectivity index (χ3n) is 3.71. The van der Waals surface area contributed by atoms with Gasteiger partial charge in [-0.3, -0.25) is 4.79 Å². The highest BCUT2D eigenvalue weighted by Gasteiger charge is 2.09. The molecule has 3 rings (SSSR count). The van der Waals surface area contributed by atoms with E-state index in [9.17, 15) is 4.79 Å². The average molecular weight is 419 g/mol. The standard InChI is InChI=1S/C20H16Cl2N2O4/c1-26-19-9-13(11-23-24-20(25)18-3-2-8-27-18)4-7-17(19)28-12-14-5-6-15(21)10-16(14)22/h2-11H,12H2,1H3,(H,24,25)/b23-11-. The number of nitrogens with zero attached hydrogens (tertiary/aromatic N) is 1. The molecule has 3 aromatic rings. The third kappa shape index (κ3) is 5.06. The number of hydrazone groups is 1. The maximum atomic E-state index is 11.8. The van der Waals surface area contributed by atoms with Crippen molar-refractivity contribution in [3.05, 3.63) is 81.7 Å². The van der Waals surface area contributed by atoms with Crippen LogP contribution >= 0.6 is 23.2 Å². The summed E-state index contributed by atoms with van der Waals surface area (Å²) in [6.45, 7) is 0.263. The van der Waals surface area contributed by atoms with Crippen molar-refractivity contribution in [2.75, 3.05) is 7.11 Å². The fourth-order valence-corrected chi connectivity index (χ4v) is 2.77. The molecular formula is C20H16Cl2N2O4. The van der Waals surface area contributed by atoms with Gasteiger partial charge in [-0.1, -0.05) is 29.3 Å². The molecule has 2 aromatic carbocycles. The summed E-state index contributed by atoms with van der Waals surface area (Å²) < 4.78 is 16.2. The Morgan fingerprint density at radius 1 is 1.18 bits per heavy atom. The number of carbonyl (C=O) groups excluding carboxylic acids is 1. The van der Waals surface area contributed by atoms with E-state index in [1.54, 1.807) is 48.5 Å². The first-order valence-electron chi connectivity index (χ1n) is 8.18. The molecule has 1 heterocycles. The summed E-state index contributed by atoms with van der Waals surface area (Å²) in [5.74, 6) is 0.809. The largest absolute Gasteiger partial charge is 0.493 e. The summed E-state index contributed by atoms with van der Waals surface area (Å²) in [5.41, 5.74) is 3.90. The highest BCUT2D eigenvalue weighted by molar-refractivity contribution is 6.35. The lowest BCUT2D eigenvalue weighted by Gasteiger charge is -2.12. The van der Waals surface area contributed by atoms with Crippen molar-refractivity contribution in [1.82, 2.24) is 5.43 Å². The van der Waals surface area contributed by atoms with Gasteiger partial charge in [-0.05, 0) is 48.0 Å². The van der Waals surface area contributed by atoms with Crippen molar-refractivity contribution < 1.29 is 18.7 Å². The van der Waals surface area contributed by atoms with Crippen molar-refractivity contribution in [3.63, 3.8) is 0 Å². The van der Waals surface area contributed by atoms with Gasteiger partial charge in [0, 0.05) is 15.6 Å². The van der Waals surface area contributed by atoms with Gasteiger partial charge in [0.1, 0.15) is 6.61 Å². The maximum Gasteiger partial charge on any atom is 0.307 e. The first kappa shape index (κ1) is 19.8. The molecule has 144 valence electrons. The van der Waals surface area contributed by atoms with Crippen LogP contribution in [0.25, 0.3) is 0 Å². The minimum Gasteiger partial charge on any atom is -0.493 e. The minimum absolute atomic E-state index is 0.180. The Morgan fingerprint density at radius 3 is 2.75 bits per heavy atom. The molecule has 28 heavy (non-hydrogen) atoms.